The lowest BCUT2D eigenvalue weighted by Gasteiger charge is -1.96. The minimum absolute atomic E-state index is 0.456. The standard InChI is InChI=1S/C5H12N2/c1-2-5(7)3-4-6/h4-6H,2-3,7H2,1H3/p+1. The van der Waals surface area contributed by atoms with Gasteiger partial charge in [-0.15, -0.1) is 0 Å². The van der Waals surface area contributed by atoms with Gasteiger partial charge in [0, 0.05) is 12.6 Å². The zero-order valence-corrected chi connectivity index (χ0v) is 4.78. The van der Waals surface area contributed by atoms with Crippen LogP contribution in [-0.4, -0.2) is 12.3 Å². The molecule has 0 aromatic carbocycles. The molecular weight excluding hydrogens is 88.1 g/mol. The molecule has 0 saturated heterocycles. The maximum atomic E-state index is 6.67. The molecule has 0 heterocycles. The van der Waals surface area contributed by atoms with Crippen LogP contribution < -0.4 is 5.73 Å². The molecule has 7 heavy (non-hydrogen) atoms. The van der Waals surface area contributed by atoms with E-state index in [-0.39, 0.29) is 0 Å². The minimum atomic E-state index is 0.456. The molecule has 4 N–H and O–H groups in total. The number of nitrogens with one attached hydrogen (secondary N) is 1. The lowest BCUT2D eigenvalue weighted by molar-refractivity contribution is -0.417. The van der Waals surface area contributed by atoms with Gasteiger partial charge >= 0.3 is 0 Å². The van der Waals surface area contributed by atoms with Crippen LogP contribution in [0.2, 0.25) is 0 Å². The molecule has 0 aromatic heterocycles. The molecule has 0 fully saturated rings. The van der Waals surface area contributed by atoms with Crippen molar-refractivity contribution in [3.8, 4) is 0 Å². The van der Waals surface area contributed by atoms with Crippen molar-refractivity contribution in [1.29, 1.82) is 5.41 Å². The molecule has 0 aromatic rings. The lowest BCUT2D eigenvalue weighted by Crippen LogP contribution is -2.60. The highest BCUT2D eigenvalue weighted by Crippen LogP contribution is 1.84. The van der Waals surface area contributed by atoms with Crippen LogP contribution in [0.5, 0.6) is 0 Å². The first-order chi connectivity index (χ1) is 3.31. The Kier molecular flexibility index (Phi) is 3.61. The second-order valence-electron chi connectivity index (χ2n) is 1.71. The molecule has 0 aliphatic rings. The molecule has 1 atom stereocenters. The number of hydrogen-bond donors (Lipinski definition) is 2. The Hall–Kier alpha value is -0.370. The number of quaternary nitrogens is 1. The highest BCUT2D eigenvalue weighted by molar-refractivity contribution is 5.53. The highest BCUT2D eigenvalue weighted by Gasteiger charge is 1.96. The average Bonchev–Trinajstić information content (AvgIpc) is 1.68. The molecule has 0 amide bonds. The lowest BCUT2D eigenvalue weighted by atomic mass is 10.2. The summed E-state index contributed by atoms with van der Waals surface area (Å²) in [5.74, 6) is 0. The third-order valence-electron chi connectivity index (χ3n) is 1.03. The van der Waals surface area contributed by atoms with Gasteiger partial charge in [0.15, 0.2) is 0 Å². The van der Waals surface area contributed by atoms with Crippen LogP contribution in [0.25, 0.3) is 0 Å². The van der Waals surface area contributed by atoms with Crippen molar-refractivity contribution < 1.29 is 5.73 Å². The van der Waals surface area contributed by atoms with Gasteiger partial charge in [0.25, 0.3) is 0 Å². The molecular formula is C5H13N2+. The van der Waals surface area contributed by atoms with Crippen molar-refractivity contribution >= 4 is 6.21 Å². The second-order valence-corrected chi connectivity index (χ2v) is 1.71. The van der Waals surface area contributed by atoms with Crippen molar-refractivity contribution in [2.75, 3.05) is 0 Å². The van der Waals surface area contributed by atoms with E-state index in [1.165, 1.54) is 6.21 Å². The zero-order valence-electron chi connectivity index (χ0n) is 4.78. The van der Waals surface area contributed by atoms with E-state index in [1.807, 2.05) is 0 Å². The number of hydrogen-bond acceptors (Lipinski definition) is 1. The van der Waals surface area contributed by atoms with Gasteiger partial charge in [-0.3, -0.25) is 0 Å². The van der Waals surface area contributed by atoms with E-state index in [0.717, 1.165) is 12.8 Å². The normalized spacial score (nSPS) is 13.4. The van der Waals surface area contributed by atoms with E-state index in [0.29, 0.717) is 6.04 Å². The quantitative estimate of drug-likeness (QED) is 0.472. The average molecular weight is 101 g/mol. The van der Waals surface area contributed by atoms with E-state index in [9.17, 15) is 0 Å². The predicted molar refractivity (Wildman–Crippen MR) is 30.4 cm³/mol. The first kappa shape index (κ1) is 6.63. The Bertz CT molecular complexity index is 52.0. The van der Waals surface area contributed by atoms with Crippen LogP contribution in [0.4, 0.5) is 0 Å². The van der Waals surface area contributed by atoms with Gasteiger partial charge in [-0.2, -0.15) is 0 Å². The summed E-state index contributed by atoms with van der Waals surface area (Å²) < 4.78 is 0. The van der Waals surface area contributed by atoms with E-state index in [2.05, 4.69) is 12.7 Å². The molecule has 0 spiro atoms. The summed E-state index contributed by atoms with van der Waals surface area (Å²) in [5.41, 5.74) is 3.80. The van der Waals surface area contributed by atoms with Crippen molar-refractivity contribution in [1.82, 2.24) is 0 Å². The summed E-state index contributed by atoms with van der Waals surface area (Å²) >= 11 is 0. The molecule has 1 unspecified atom stereocenters. The van der Waals surface area contributed by atoms with E-state index in [1.54, 1.807) is 0 Å². The van der Waals surface area contributed by atoms with Crippen molar-refractivity contribution in [2.45, 2.75) is 25.8 Å². The summed E-state index contributed by atoms with van der Waals surface area (Å²) in [6, 6.07) is 0.456. The summed E-state index contributed by atoms with van der Waals surface area (Å²) in [5, 5.41) is 6.67. The fourth-order valence-electron chi connectivity index (χ4n) is 0.333. The Morgan fingerprint density at radius 3 is 2.57 bits per heavy atom. The third kappa shape index (κ3) is 3.46. The van der Waals surface area contributed by atoms with Crippen LogP contribution in [0.3, 0.4) is 0 Å². The molecule has 0 aliphatic carbocycles. The topological polar surface area (TPSA) is 51.5 Å². The molecule has 2 heteroatoms. The Labute approximate surface area is 44.2 Å². The molecule has 2 nitrogen and oxygen atoms in total. The fraction of sp³-hybridized carbons (Fsp3) is 0.800. The smallest absolute Gasteiger partial charge is 0.0890 e. The molecule has 0 saturated carbocycles. The summed E-state index contributed by atoms with van der Waals surface area (Å²) in [6.07, 6.45) is 3.33. The largest absolute Gasteiger partial charge is 0.355 e. The van der Waals surface area contributed by atoms with Crippen LogP contribution in [-0.2, 0) is 0 Å². The van der Waals surface area contributed by atoms with Crippen LogP contribution in [0.15, 0.2) is 0 Å². The Balaban J connectivity index is 2.98. The zero-order chi connectivity index (χ0) is 5.70. The maximum absolute atomic E-state index is 6.67. The van der Waals surface area contributed by atoms with Gasteiger partial charge in [-0.25, -0.2) is 0 Å². The minimum Gasteiger partial charge on any atom is -0.355 e. The van der Waals surface area contributed by atoms with Crippen molar-refractivity contribution in [3.63, 3.8) is 0 Å². The van der Waals surface area contributed by atoms with E-state index >= 15 is 0 Å². The molecule has 42 valence electrons. The molecule has 0 radical (unpaired) electrons. The molecule has 0 aliphatic heterocycles. The summed E-state index contributed by atoms with van der Waals surface area (Å²) in [7, 11) is 0. The third-order valence-corrected chi connectivity index (χ3v) is 1.03. The van der Waals surface area contributed by atoms with Gasteiger partial charge in [0.1, 0.15) is 0 Å². The van der Waals surface area contributed by atoms with Crippen LogP contribution >= 0.6 is 0 Å². The number of rotatable bonds is 3. The highest BCUT2D eigenvalue weighted by atomic mass is 14.6. The van der Waals surface area contributed by atoms with Gasteiger partial charge < -0.3 is 11.1 Å². The van der Waals surface area contributed by atoms with Gasteiger partial charge in [-0.05, 0) is 6.42 Å². The van der Waals surface area contributed by atoms with Gasteiger partial charge in [0.2, 0.25) is 0 Å². The first-order valence-electron chi connectivity index (χ1n) is 2.63. The van der Waals surface area contributed by atoms with Crippen LogP contribution in [0.1, 0.15) is 19.8 Å². The monoisotopic (exact) mass is 101 g/mol. The van der Waals surface area contributed by atoms with Crippen LogP contribution in [0, 0.1) is 5.41 Å². The predicted octanol–water partition coefficient (Wildman–Crippen LogP) is 0.0466. The summed E-state index contributed by atoms with van der Waals surface area (Å²) in [4.78, 5) is 0. The van der Waals surface area contributed by atoms with E-state index in [4.69, 9.17) is 5.41 Å². The Morgan fingerprint density at radius 1 is 1.86 bits per heavy atom. The molecule has 0 bridgehead atoms. The Morgan fingerprint density at radius 2 is 2.43 bits per heavy atom. The van der Waals surface area contributed by atoms with Crippen molar-refractivity contribution in [3.05, 3.63) is 0 Å². The second kappa shape index (κ2) is 3.81. The fourth-order valence-corrected chi connectivity index (χ4v) is 0.333. The maximum Gasteiger partial charge on any atom is 0.0890 e. The molecule has 0 rings (SSSR count). The SMILES string of the molecule is CCC([NH3+])CC=N. The summed E-state index contributed by atoms with van der Waals surface area (Å²) in [6.45, 7) is 2.08. The van der Waals surface area contributed by atoms with Crippen molar-refractivity contribution in [2.24, 2.45) is 0 Å². The van der Waals surface area contributed by atoms with Gasteiger partial charge in [-0.1, -0.05) is 6.92 Å². The van der Waals surface area contributed by atoms with Gasteiger partial charge in [0.05, 0.1) is 6.04 Å². The van der Waals surface area contributed by atoms with E-state index < -0.39 is 0 Å². The first-order valence-corrected chi connectivity index (χ1v) is 2.63.